The summed E-state index contributed by atoms with van der Waals surface area (Å²) in [5, 5.41) is 48.1. The van der Waals surface area contributed by atoms with Gasteiger partial charge in [-0.15, -0.1) is 0 Å². The van der Waals surface area contributed by atoms with Gasteiger partial charge in [0.25, 0.3) is 5.97 Å². The maximum absolute atomic E-state index is 14.5. The predicted octanol–water partition coefficient (Wildman–Crippen LogP) is -1.65. The van der Waals surface area contributed by atoms with Gasteiger partial charge in [-0.3, -0.25) is 52.7 Å². The summed E-state index contributed by atoms with van der Waals surface area (Å²) < 4.78 is 0. The maximum Gasteiger partial charge on any atom is 0.326 e. The molecule has 0 spiro atoms. The van der Waals surface area contributed by atoms with Crippen LogP contribution in [0.1, 0.15) is 156 Å². The number of carboxylic acids is 3. The standard InChI is InChI=1S/C55H96N14O13.C2H4O2/c1-5-33(3)45(69-51(77)40(25-27-44(71)72)65-54(80)46(34(4)6-2)68-50(76)39(24-26-43(61)70)62-47(73)36(60)20-10-14-28-56)53(79)64-38(22-12-16-30-58)48(74)63-37(21-11-15-29-57)49(75)67-42(32-35-18-8-7-9-19-35)52(78)66-41(55(81)82)23-13-17-31-59;1-2(3)4/h7-9,18-19,33-34,36-42,45-46H,5-6,10-17,20-32,56-60H2,1-4H3,(H2,61,70)(H,62,73)(H,63,74)(H,64,79)(H,65,80)(H,66,78)(H,67,75)(H,68,76)(H,69,77)(H,71,72)(H,81,82);1H3,(H,3,4). The maximum atomic E-state index is 14.5. The summed E-state index contributed by atoms with van der Waals surface area (Å²) in [6, 6.07) is -3.25. The number of nitrogens with two attached hydrogens (primary N) is 6. The molecule has 0 saturated carbocycles. The van der Waals surface area contributed by atoms with Crippen LogP contribution in [0.25, 0.3) is 0 Å². The molecule has 0 fully saturated rings. The van der Waals surface area contributed by atoms with E-state index in [1.54, 1.807) is 58.0 Å². The van der Waals surface area contributed by atoms with Crippen LogP contribution in [-0.2, 0) is 64.0 Å². The average Bonchev–Trinajstić information content (AvgIpc) is 2.59. The lowest BCUT2D eigenvalue weighted by Gasteiger charge is -2.30. The minimum atomic E-state index is -1.60. The van der Waals surface area contributed by atoms with E-state index in [1.165, 1.54) is 0 Å². The highest BCUT2D eigenvalue weighted by Crippen LogP contribution is 2.16. The molecule has 488 valence electrons. The third-order valence-corrected chi connectivity index (χ3v) is 14.1. The van der Waals surface area contributed by atoms with Crippen molar-refractivity contribution in [3.8, 4) is 0 Å². The van der Waals surface area contributed by atoms with Gasteiger partial charge in [0, 0.05) is 26.2 Å². The van der Waals surface area contributed by atoms with Crippen LogP contribution >= 0.6 is 0 Å². The van der Waals surface area contributed by atoms with Crippen molar-refractivity contribution in [1.29, 1.82) is 0 Å². The number of unbranched alkanes of at least 4 members (excludes halogenated alkanes) is 4. The quantitative estimate of drug-likeness (QED) is 0.0325. The Kier molecular flexibility index (Phi) is 41.2. The topological polar surface area (TPSA) is 518 Å². The van der Waals surface area contributed by atoms with Crippen LogP contribution in [0.15, 0.2) is 30.3 Å². The van der Waals surface area contributed by atoms with Crippen molar-refractivity contribution in [2.45, 2.75) is 211 Å². The number of amides is 9. The van der Waals surface area contributed by atoms with Gasteiger partial charge in [0.15, 0.2) is 0 Å². The Morgan fingerprint density at radius 1 is 0.430 bits per heavy atom. The van der Waals surface area contributed by atoms with E-state index in [0.29, 0.717) is 82.9 Å². The van der Waals surface area contributed by atoms with Crippen LogP contribution in [0.3, 0.4) is 0 Å². The number of primary amides is 1. The molecule has 11 unspecified atom stereocenters. The van der Waals surface area contributed by atoms with E-state index in [4.69, 9.17) is 44.3 Å². The number of benzene rings is 1. The van der Waals surface area contributed by atoms with Gasteiger partial charge in [-0.05, 0) is 127 Å². The van der Waals surface area contributed by atoms with Gasteiger partial charge < -0.3 is 92.3 Å². The number of carboxylic acid groups (broad SMARTS) is 3. The van der Waals surface area contributed by atoms with Crippen LogP contribution < -0.4 is 76.9 Å². The third-order valence-electron chi connectivity index (χ3n) is 14.1. The first-order valence-electron chi connectivity index (χ1n) is 29.7. The first-order chi connectivity index (χ1) is 40.7. The second-order valence-electron chi connectivity index (χ2n) is 21.3. The highest BCUT2D eigenvalue weighted by molar-refractivity contribution is 5.98. The zero-order chi connectivity index (χ0) is 65.3. The lowest BCUT2D eigenvalue weighted by Crippen LogP contribution is -2.62. The molecule has 1 rings (SSSR count). The molecule has 11 atom stereocenters. The van der Waals surface area contributed by atoms with Gasteiger partial charge in [-0.1, -0.05) is 77.3 Å². The van der Waals surface area contributed by atoms with E-state index in [9.17, 15) is 63.0 Å². The summed E-state index contributed by atoms with van der Waals surface area (Å²) in [7, 11) is 0. The van der Waals surface area contributed by atoms with Gasteiger partial charge in [0.2, 0.25) is 53.2 Å². The Morgan fingerprint density at radius 2 is 0.756 bits per heavy atom. The summed E-state index contributed by atoms with van der Waals surface area (Å²) in [4.78, 5) is 157. The number of carbonyl (C=O) groups is 12. The SMILES string of the molecule is CC(=O)O.CCC(C)C(NC(=O)C(CCC(=O)O)NC(=O)C(NC(=O)C(CCC(N)=O)NC(=O)C(N)CCCCN)C(C)CC)C(=O)NC(CCCCN)C(=O)NC(CCCCN)C(=O)NC(Cc1ccccc1)C(=O)NC(CCCCN)C(=O)O. The Balaban J connectivity index is 0.0000175. The Morgan fingerprint density at radius 3 is 1.14 bits per heavy atom. The monoisotopic (exact) mass is 1220 g/mol. The first-order valence-corrected chi connectivity index (χ1v) is 29.7. The van der Waals surface area contributed by atoms with Crippen molar-refractivity contribution < 1.29 is 72.9 Å². The second-order valence-corrected chi connectivity index (χ2v) is 21.3. The van der Waals surface area contributed by atoms with Crippen molar-refractivity contribution in [3.05, 3.63) is 35.9 Å². The fourth-order valence-electron chi connectivity index (χ4n) is 8.59. The number of aliphatic carboxylic acids is 3. The third kappa shape index (κ3) is 33.4. The van der Waals surface area contributed by atoms with E-state index in [-0.39, 0.29) is 58.0 Å². The molecule has 0 bridgehead atoms. The minimum absolute atomic E-state index is 0.0154. The minimum Gasteiger partial charge on any atom is -0.481 e. The van der Waals surface area contributed by atoms with E-state index >= 15 is 0 Å². The molecule has 0 aliphatic carbocycles. The summed E-state index contributed by atoms with van der Waals surface area (Å²) in [5.74, 6) is -12.1. The van der Waals surface area contributed by atoms with Gasteiger partial charge in [-0.25, -0.2) is 4.79 Å². The van der Waals surface area contributed by atoms with E-state index in [0.717, 1.165) is 6.92 Å². The zero-order valence-electron chi connectivity index (χ0n) is 50.7. The molecule has 0 heterocycles. The summed E-state index contributed by atoms with van der Waals surface area (Å²) in [6.07, 6.45) is 2.95. The number of hydrogen-bond acceptors (Lipinski definition) is 17. The molecule has 1 aromatic rings. The van der Waals surface area contributed by atoms with Crippen molar-refractivity contribution in [2.75, 3.05) is 26.2 Å². The second kappa shape index (κ2) is 45.0. The lowest BCUT2D eigenvalue weighted by atomic mass is 9.95. The molecule has 0 aliphatic heterocycles. The average molecular weight is 1220 g/mol. The molecule has 29 heteroatoms. The Bertz CT molecular complexity index is 2280. The van der Waals surface area contributed by atoms with Gasteiger partial charge in [0.05, 0.1) is 6.04 Å². The molecule has 23 N–H and O–H groups in total. The Hall–Kier alpha value is -7.34. The van der Waals surface area contributed by atoms with Crippen molar-refractivity contribution in [2.24, 2.45) is 46.2 Å². The van der Waals surface area contributed by atoms with E-state index in [2.05, 4.69) is 42.5 Å². The molecule has 9 amide bonds. The normalized spacial score (nSPS) is 14.8. The molecule has 0 aliphatic rings. The fourth-order valence-corrected chi connectivity index (χ4v) is 8.59. The number of nitrogens with one attached hydrogen (secondary N) is 8. The van der Waals surface area contributed by atoms with Crippen LogP contribution in [0.5, 0.6) is 0 Å². The molecule has 29 nitrogen and oxygen atoms in total. The highest BCUT2D eigenvalue weighted by Gasteiger charge is 2.37. The zero-order valence-corrected chi connectivity index (χ0v) is 50.7. The van der Waals surface area contributed by atoms with Crippen LogP contribution in [0, 0.1) is 11.8 Å². The molecule has 86 heavy (non-hydrogen) atoms. The van der Waals surface area contributed by atoms with Crippen LogP contribution in [0.4, 0.5) is 0 Å². The van der Waals surface area contributed by atoms with Gasteiger partial charge in [0.1, 0.15) is 48.3 Å². The summed E-state index contributed by atoms with van der Waals surface area (Å²) in [5.41, 5.74) is 34.8. The predicted molar refractivity (Wildman–Crippen MR) is 320 cm³/mol. The number of carbonyl (C=O) groups excluding carboxylic acids is 9. The fraction of sp³-hybridized carbons (Fsp3) is 0.684. The highest BCUT2D eigenvalue weighted by atomic mass is 16.4. The number of hydrogen-bond donors (Lipinski definition) is 17. The molecule has 0 radical (unpaired) electrons. The van der Waals surface area contributed by atoms with E-state index in [1.807, 2.05) is 0 Å². The molecular weight excluding hydrogens is 1120 g/mol. The molecule has 0 saturated heterocycles. The van der Waals surface area contributed by atoms with E-state index < -0.39 is 150 Å². The summed E-state index contributed by atoms with van der Waals surface area (Å²) in [6.45, 7) is 9.02. The first kappa shape index (κ1) is 78.7. The number of rotatable bonds is 45. The smallest absolute Gasteiger partial charge is 0.326 e. The Labute approximate surface area is 504 Å². The van der Waals surface area contributed by atoms with Gasteiger partial charge >= 0.3 is 11.9 Å². The van der Waals surface area contributed by atoms with Crippen LogP contribution in [-0.4, -0.2) is 167 Å². The summed E-state index contributed by atoms with van der Waals surface area (Å²) >= 11 is 0. The van der Waals surface area contributed by atoms with Crippen molar-refractivity contribution in [3.63, 3.8) is 0 Å². The molecule has 1 aromatic carbocycles. The van der Waals surface area contributed by atoms with Gasteiger partial charge in [-0.2, -0.15) is 0 Å². The van der Waals surface area contributed by atoms with Crippen LogP contribution in [0.2, 0.25) is 0 Å². The molecule has 0 aromatic heterocycles. The molecular formula is C57H100N14O15. The van der Waals surface area contributed by atoms with Crippen molar-refractivity contribution >= 4 is 71.1 Å². The lowest BCUT2D eigenvalue weighted by molar-refractivity contribution is -0.142. The van der Waals surface area contributed by atoms with Crippen molar-refractivity contribution in [1.82, 2.24) is 42.5 Å². The largest absolute Gasteiger partial charge is 0.481 e.